The van der Waals surface area contributed by atoms with E-state index < -0.39 is 5.67 Å². The molecule has 2 heteroatoms. The van der Waals surface area contributed by atoms with Gasteiger partial charge < -0.3 is 5.32 Å². The number of piperidine rings is 1. The first kappa shape index (κ1) is 8.98. The summed E-state index contributed by atoms with van der Waals surface area (Å²) in [5, 5.41) is 3.24. The number of hydrogen-bond donors (Lipinski definition) is 1. The Balaban J connectivity index is 2.43. The van der Waals surface area contributed by atoms with Gasteiger partial charge in [0.15, 0.2) is 0 Å². The van der Waals surface area contributed by atoms with Crippen molar-refractivity contribution in [2.45, 2.75) is 38.8 Å². The van der Waals surface area contributed by atoms with Crippen molar-refractivity contribution in [3.05, 3.63) is 0 Å². The van der Waals surface area contributed by atoms with Gasteiger partial charge >= 0.3 is 0 Å². The van der Waals surface area contributed by atoms with Gasteiger partial charge in [-0.05, 0) is 32.7 Å². The summed E-state index contributed by atoms with van der Waals surface area (Å²) in [5.74, 6) is 0.237. The lowest BCUT2D eigenvalue weighted by molar-refractivity contribution is 0.0790. The Morgan fingerprint density at radius 3 is 2.82 bits per heavy atom. The van der Waals surface area contributed by atoms with Crippen molar-refractivity contribution in [1.29, 1.82) is 0 Å². The molecule has 1 N–H and O–H groups in total. The van der Waals surface area contributed by atoms with Crippen molar-refractivity contribution >= 4 is 0 Å². The van der Waals surface area contributed by atoms with Crippen LogP contribution in [0.5, 0.6) is 0 Å². The average Bonchev–Trinajstić information content (AvgIpc) is 2.06. The highest BCUT2D eigenvalue weighted by Gasteiger charge is 2.32. The molecule has 1 saturated heterocycles. The molecular weight excluding hydrogens is 141 g/mol. The summed E-state index contributed by atoms with van der Waals surface area (Å²) >= 11 is 0. The van der Waals surface area contributed by atoms with E-state index in [0.717, 1.165) is 25.9 Å². The third-order valence-electron chi connectivity index (χ3n) is 2.84. The van der Waals surface area contributed by atoms with Gasteiger partial charge in [-0.25, -0.2) is 4.39 Å². The summed E-state index contributed by atoms with van der Waals surface area (Å²) < 4.78 is 13.7. The van der Waals surface area contributed by atoms with E-state index in [9.17, 15) is 4.39 Å². The van der Waals surface area contributed by atoms with E-state index in [4.69, 9.17) is 0 Å². The van der Waals surface area contributed by atoms with Gasteiger partial charge in [-0.15, -0.1) is 0 Å². The van der Waals surface area contributed by atoms with Crippen molar-refractivity contribution in [2.75, 3.05) is 13.1 Å². The minimum atomic E-state index is -0.951. The first-order valence-electron chi connectivity index (χ1n) is 4.56. The Labute approximate surface area is 68.4 Å². The average molecular weight is 159 g/mol. The van der Waals surface area contributed by atoms with Gasteiger partial charge in [0, 0.05) is 12.5 Å². The molecule has 66 valence electrons. The molecule has 2 atom stereocenters. The molecule has 1 heterocycles. The molecule has 0 spiro atoms. The Bertz CT molecular complexity index is 117. The summed E-state index contributed by atoms with van der Waals surface area (Å²) in [5.41, 5.74) is -0.951. The predicted octanol–water partition coefficient (Wildman–Crippen LogP) is 2.12. The van der Waals surface area contributed by atoms with Crippen LogP contribution in [-0.4, -0.2) is 18.8 Å². The number of nitrogens with one attached hydrogen (secondary N) is 1. The SMILES string of the molecule is CCC(C)(F)C1CCCNC1. The maximum atomic E-state index is 13.7. The molecule has 0 aromatic carbocycles. The van der Waals surface area contributed by atoms with Crippen LogP contribution in [0.3, 0.4) is 0 Å². The van der Waals surface area contributed by atoms with Crippen molar-refractivity contribution < 1.29 is 4.39 Å². The van der Waals surface area contributed by atoms with Gasteiger partial charge in [0.1, 0.15) is 5.67 Å². The first-order valence-corrected chi connectivity index (χ1v) is 4.56. The predicted molar refractivity (Wildman–Crippen MR) is 45.4 cm³/mol. The van der Waals surface area contributed by atoms with Gasteiger partial charge in [-0.1, -0.05) is 6.92 Å². The Kier molecular flexibility index (Phi) is 2.88. The molecule has 0 saturated carbocycles. The van der Waals surface area contributed by atoms with Crippen LogP contribution in [0, 0.1) is 5.92 Å². The van der Waals surface area contributed by atoms with Gasteiger partial charge in [-0.2, -0.15) is 0 Å². The normalized spacial score (nSPS) is 31.4. The second-order valence-corrected chi connectivity index (χ2v) is 3.67. The zero-order valence-electron chi connectivity index (χ0n) is 7.49. The third-order valence-corrected chi connectivity index (χ3v) is 2.84. The first-order chi connectivity index (χ1) is 5.17. The topological polar surface area (TPSA) is 12.0 Å². The summed E-state index contributed by atoms with van der Waals surface area (Å²) in [7, 11) is 0. The molecule has 1 aliphatic heterocycles. The van der Waals surface area contributed by atoms with Gasteiger partial charge in [0.2, 0.25) is 0 Å². The Morgan fingerprint density at radius 1 is 1.64 bits per heavy atom. The van der Waals surface area contributed by atoms with E-state index in [0.29, 0.717) is 6.42 Å². The number of alkyl halides is 1. The van der Waals surface area contributed by atoms with Crippen LogP contribution in [0.4, 0.5) is 4.39 Å². The highest BCUT2D eigenvalue weighted by molar-refractivity contribution is 4.85. The van der Waals surface area contributed by atoms with Gasteiger partial charge in [-0.3, -0.25) is 0 Å². The van der Waals surface area contributed by atoms with E-state index in [2.05, 4.69) is 5.32 Å². The van der Waals surface area contributed by atoms with Crippen molar-refractivity contribution in [2.24, 2.45) is 5.92 Å². The molecular formula is C9H18FN. The van der Waals surface area contributed by atoms with Crippen molar-refractivity contribution in [3.8, 4) is 0 Å². The van der Waals surface area contributed by atoms with E-state index in [-0.39, 0.29) is 5.92 Å². The molecule has 0 radical (unpaired) electrons. The van der Waals surface area contributed by atoms with Crippen LogP contribution >= 0.6 is 0 Å². The maximum Gasteiger partial charge on any atom is 0.112 e. The molecule has 0 amide bonds. The molecule has 1 fully saturated rings. The minimum absolute atomic E-state index is 0.237. The van der Waals surface area contributed by atoms with E-state index in [1.807, 2.05) is 6.92 Å². The quantitative estimate of drug-likeness (QED) is 0.650. The molecule has 0 aliphatic carbocycles. The molecule has 11 heavy (non-hydrogen) atoms. The molecule has 0 bridgehead atoms. The van der Waals surface area contributed by atoms with Crippen LogP contribution in [0.15, 0.2) is 0 Å². The molecule has 0 aromatic heterocycles. The van der Waals surface area contributed by atoms with Crippen LogP contribution in [0.1, 0.15) is 33.1 Å². The number of halogens is 1. The summed E-state index contributed by atoms with van der Waals surface area (Å²) in [6.45, 7) is 5.58. The van der Waals surface area contributed by atoms with Gasteiger partial charge in [0.05, 0.1) is 0 Å². The Hall–Kier alpha value is -0.110. The van der Waals surface area contributed by atoms with Gasteiger partial charge in [0.25, 0.3) is 0 Å². The molecule has 1 aliphatic rings. The highest BCUT2D eigenvalue weighted by atomic mass is 19.1. The van der Waals surface area contributed by atoms with E-state index >= 15 is 0 Å². The van der Waals surface area contributed by atoms with E-state index in [1.165, 1.54) is 0 Å². The number of hydrogen-bond acceptors (Lipinski definition) is 1. The van der Waals surface area contributed by atoms with Crippen LogP contribution in [-0.2, 0) is 0 Å². The molecule has 2 unspecified atom stereocenters. The van der Waals surface area contributed by atoms with Crippen molar-refractivity contribution in [3.63, 3.8) is 0 Å². The highest BCUT2D eigenvalue weighted by Crippen LogP contribution is 2.30. The second kappa shape index (κ2) is 3.53. The summed E-state index contributed by atoms with van der Waals surface area (Å²) in [6.07, 6.45) is 2.82. The second-order valence-electron chi connectivity index (χ2n) is 3.67. The largest absolute Gasteiger partial charge is 0.316 e. The lowest BCUT2D eigenvalue weighted by atomic mass is 9.83. The number of rotatable bonds is 2. The zero-order chi connectivity index (χ0) is 8.32. The monoisotopic (exact) mass is 159 g/mol. The zero-order valence-corrected chi connectivity index (χ0v) is 7.49. The minimum Gasteiger partial charge on any atom is -0.316 e. The van der Waals surface area contributed by atoms with Crippen LogP contribution < -0.4 is 5.32 Å². The smallest absolute Gasteiger partial charge is 0.112 e. The van der Waals surface area contributed by atoms with Crippen LogP contribution in [0.25, 0.3) is 0 Å². The maximum absolute atomic E-state index is 13.7. The molecule has 0 aromatic rings. The lowest BCUT2D eigenvalue weighted by Crippen LogP contribution is -2.41. The van der Waals surface area contributed by atoms with Crippen LogP contribution in [0.2, 0.25) is 0 Å². The fraction of sp³-hybridized carbons (Fsp3) is 1.00. The summed E-state index contributed by atoms with van der Waals surface area (Å²) in [6, 6.07) is 0. The standard InChI is InChI=1S/C9H18FN/c1-3-9(2,10)8-5-4-6-11-7-8/h8,11H,3-7H2,1-2H3. The molecule has 1 nitrogen and oxygen atoms in total. The third kappa shape index (κ3) is 2.16. The lowest BCUT2D eigenvalue weighted by Gasteiger charge is -2.32. The summed E-state index contributed by atoms with van der Waals surface area (Å²) in [4.78, 5) is 0. The fourth-order valence-electron chi connectivity index (χ4n) is 1.65. The fourth-order valence-corrected chi connectivity index (χ4v) is 1.65. The Morgan fingerprint density at radius 2 is 2.36 bits per heavy atom. The van der Waals surface area contributed by atoms with E-state index in [1.54, 1.807) is 6.92 Å². The van der Waals surface area contributed by atoms with Crippen molar-refractivity contribution in [1.82, 2.24) is 5.32 Å². The molecule has 1 rings (SSSR count).